The molecule has 0 saturated heterocycles. The van der Waals surface area contributed by atoms with Crippen molar-refractivity contribution in [3.8, 4) is 0 Å². The molecule has 0 bridgehead atoms. The van der Waals surface area contributed by atoms with E-state index in [9.17, 15) is 9.59 Å². The van der Waals surface area contributed by atoms with Gasteiger partial charge in [-0.15, -0.1) is 0 Å². The van der Waals surface area contributed by atoms with Gasteiger partial charge in [-0.1, -0.05) is 18.7 Å². The van der Waals surface area contributed by atoms with Crippen molar-refractivity contribution in [1.82, 2.24) is 9.97 Å². The number of nitrogens with zero attached hydrogens (tertiary/aromatic N) is 1. The highest BCUT2D eigenvalue weighted by Gasteiger charge is 2.07. The fourth-order valence-corrected chi connectivity index (χ4v) is 1.77. The molecule has 5 nitrogen and oxygen atoms in total. The second kappa shape index (κ2) is 6.32. The van der Waals surface area contributed by atoms with Crippen molar-refractivity contribution in [3.63, 3.8) is 0 Å². The fourth-order valence-electron chi connectivity index (χ4n) is 1.14. The number of rotatable bonds is 5. The second-order valence-corrected chi connectivity index (χ2v) is 4.21. The lowest BCUT2D eigenvalue weighted by atomic mass is 10.3. The first-order valence-corrected chi connectivity index (χ1v) is 6.03. The number of hydrogen-bond acceptors (Lipinski definition) is 5. The number of thioether (sulfide) groups is 1. The largest absolute Gasteiger partial charge is 0.466 e. The maximum absolute atomic E-state index is 11.3. The number of hydrogen-bond donors (Lipinski definition) is 1. The van der Waals surface area contributed by atoms with Crippen LogP contribution in [0.4, 0.5) is 0 Å². The van der Waals surface area contributed by atoms with E-state index < -0.39 is 0 Å². The molecule has 1 aromatic rings. The van der Waals surface area contributed by atoms with Gasteiger partial charge in [0.2, 0.25) is 0 Å². The zero-order valence-corrected chi connectivity index (χ0v) is 10.1. The van der Waals surface area contributed by atoms with Crippen LogP contribution in [0.15, 0.2) is 16.0 Å². The number of ether oxygens (including phenoxy) is 1. The topological polar surface area (TPSA) is 72.1 Å². The van der Waals surface area contributed by atoms with Crippen LogP contribution in [0, 0.1) is 0 Å². The van der Waals surface area contributed by atoms with Crippen molar-refractivity contribution < 1.29 is 9.53 Å². The van der Waals surface area contributed by atoms with E-state index in [1.54, 1.807) is 6.92 Å². The molecule has 6 heteroatoms. The molecule has 0 spiro atoms. The van der Waals surface area contributed by atoms with E-state index in [1.165, 1.54) is 17.8 Å². The van der Waals surface area contributed by atoms with E-state index in [0.29, 0.717) is 17.5 Å². The van der Waals surface area contributed by atoms with Crippen molar-refractivity contribution in [2.24, 2.45) is 0 Å². The number of esters is 1. The summed E-state index contributed by atoms with van der Waals surface area (Å²) in [5, 5.41) is 0.536. The monoisotopic (exact) mass is 242 g/mol. The molecule has 1 N–H and O–H groups in total. The van der Waals surface area contributed by atoms with Crippen LogP contribution in [0.25, 0.3) is 0 Å². The van der Waals surface area contributed by atoms with Crippen LogP contribution in [0.2, 0.25) is 0 Å². The van der Waals surface area contributed by atoms with Gasteiger partial charge >= 0.3 is 5.97 Å². The predicted molar refractivity (Wildman–Crippen MR) is 61.6 cm³/mol. The average molecular weight is 242 g/mol. The Balaban J connectivity index is 2.79. The lowest BCUT2D eigenvalue weighted by Gasteiger charge is -2.03. The van der Waals surface area contributed by atoms with Crippen LogP contribution in [0.5, 0.6) is 0 Å². The molecule has 0 atom stereocenters. The van der Waals surface area contributed by atoms with Gasteiger partial charge < -0.3 is 9.72 Å². The quantitative estimate of drug-likeness (QED) is 0.473. The van der Waals surface area contributed by atoms with E-state index in [-0.39, 0.29) is 17.9 Å². The standard InChI is InChI=1S/C10H14N2O3S/c1-3-15-9(14)6-7-5-8(13)12-10(11-7)16-4-2/h5H,3-4,6H2,1-2H3,(H,11,12,13). The number of aromatic nitrogens is 2. The molecule has 16 heavy (non-hydrogen) atoms. The lowest BCUT2D eigenvalue weighted by molar-refractivity contribution is -0.142. The molecule has 0 aliphatic rings. The summed E-state index contributed by atoms with van der Waals surface area (Å²) in [5.74, 6) is 0.444. The number of H-pyrrole nitrogens is 1. The summed E-state index contributed by atoms with van der Waals surface area (Å²) in [5.41, 5.74) is 0.198. The van der Waals surface area contributed by atoms with Gasteiger partial charge in [0.1, 0.15) is 0 Å². The summed E-state index contributed by atoms with van der Waals surface area (Å²) in [4.78, 5) is 29.2. The molecule has 1 aromatic heterocycles. The Morgan fingerprint density at radius 2 is 2.31 bits per heavy atom. The highest BCUT2D eigenvalue weighted by atomic mass is 32.2. The summed E-state index contributed by atoms with van der Waals surface area (Å²) < 4.78 is 4.79. The molecular formula is C10H14N2O3S. The van der Waals surface area contributed by atoms with Gasteiger partial charge in [0.05, 0.1) is 18.7 Å². The summed E-state index contributed by atoms with van der Waals surface area (Å²) in [6.45, 7) is 4.03. The Kier molecular flexibility index (Phi) is 5.04. The minimum Gasteiger partial charge on any atom is -0.466 e. The highest BCUT2D eigenvalue weighted by molar-refractivity contribution is 7.99. The first-order valence-electron chi connectivity index (χ1n) is 5.04. The Bertz CT molecular complexity index is 417. The second-order valence-electron chi connectivity index (χ2n) is 2.96. The summed E-state index contributed by atoms with van der Waals surface area (Å²) in [6.07, 6.45) is 0.0367. The van der Waals surface area contributed by atoms with Crippen LogP contribution >= 0.6 is 11.8 Å². The van der Waals surface area contributed by atoms with Crippen molar-refractivity contribution in [2.45, 2.75) is 25.4 Å². The van der Waals surface area contributed by atoms with Crippen LogP contribution in [0.1, 0.15) is 19.5 Å². The van der Waals surface area contributed by atoms with E-state index in [2.05, 4.69) is 9.97 Å². The molecule has 0 fully saturated rings. The third kappa shape index (κ3) is 4.06. The number of aromatic amines is 1. The summed E-state index contributed by atoms with van der Waals surface area (Å²) >= 11 is 1.43. The summed E-state index contributed by atoms with van der Waals surface area (Å²) in [7, 11) is 0. The SMILES string of the molecule is CCOC(=O)Cc1cc(=O)[nH]c(SCC)n1. The smallest absolute Gasteiger partial charge is 0.311 e. The fraction of sp³-hybridized carbons (Fsp3) is 0.500. The third-order valence-electron chi connectivity index (χ3n) is 1.68. The normalized spacial score (nSPS) is 10.1. The zero-order chi connectivity index (χ0) is 12.0. The molecule has 1 rings (SSSR count). The number of carbonyl (C=O) groups is 1. The Morgan fingerprint density at radius 1 is 1.56 bits per heavy atom. The van der Waals surface area contributed by atoms with Crippen LogP contribution < -0.4 is 5.56 Å². The molecule has 0 saturated carbocycles. The van der Waals surface area contributed by atoms with Crippen molar-refractivity contribution in [3.05, 3.63) is 22.1 Å². The third-order valence-corrected chi connectivity index (χ3v) is 2.44. The molecule has 1 heterocycles. The highest BCUT2D eigenvalue weighted by Crippen LogP contribution is 2.10. The lowest BCUT2D eigenvalue weighted by Crippen LogP contribution is -2.14. The first-order chi connectivity index (χ1) is 7.65. The van der Waals surface area contributed by atoms with Gasteiger partial charge in [-0.3, -0.25) is 9.59 Å². The van der Waals surface area contributed by atoms with Gasteiger partial charge in [-0.2, -0.15) is 0 Å². The molecule has 0 aliphatic carbocycles. The maximum Gasteiger partial charge on any atom is 0.311 e. The van der Waals surface area contributed by atoms with Crippen molar-refractivity contribution in [1.29, 1.82) is 0 Å². The summed E-state index contributed by atoms with van der Waals surface area (Å²) in [6, 6.07) is 1.32. The van der Waals surface area contributed by atoms with Crippen molar-refractivity contribution in [2.75, 3.05) is 12.4 Å². The Morgan fingerprint density at radius 3 is 2.94 bits per heavy atom. The van der Waals surface area contributed by atoms with Crippen LogP contribution in [-0.2, 0) is 16.0 Å². The van der Waals surface area contributed by atoms with E-state index in [0.717, 1.165) is 5.75 Å². The van der Waals surface area contributed by atoms with E-state index >= 15 is 0 Å². The Hall–Kier alpha value is -1.30. The number of nitrogens with one attached hydrogen (secondary N) is 1. The maximum atomic E-state index is 11.3. The van der Waals surface area contributed by atoms with Gasteiger partial charge in [0.15, 0.2) is 5.16 Å². The van der Waals surface area contributed by atoms with E-state index in [4.69, 9.17) is 4.74 Å². The Labute approximate surface area is 97.6 Å². The van der Waals surface area contributed by atoms with Crippen LogP contribution in [-0.4, -0.2) is 28.3 Å². The van der Waals surface area contributed by atoms with Crippen molar-refractivity contribution >= 4 is 17.7 Å². The molecule has 0 aliphatic heterocycles. The molecule has 0 radical (unpaired) electrons. The number of carbonyl (C=O) groups excluding carboxylic acids is 1. The van der Waals surface area contributed by atoms with Gasteiger partial charge in [-0.25, -0.2) is 4.98 Å². The predicted octanol–water partition coefficient (Wildman–Crippen LogP) is 0.988. The molecule has 88 valence electrons. The zero-order valence-electron chi connectivity index (χ0n) is 9.28. The molecule has 0 amide bonds. The molecular weight excluding hydrogens is 228 g/mol. The van der Waals surface area contributed by atoms with Gasteiger partial charge in [-0.05, 0) is 12.7 Å². The van der Waals surface area contributed by atoms with E-state index in [1.807, 2.05) is 6.92 Å². The van der Waals surface area contributed by atoms with Crippen LogP contribution in [0.3, 0.4) is 0 Å². The average Bonchev–Trinajstić information content (AvgIpc) is 2.17. The van der Waals surface area contributed by atoms with Gasteiger partial charge in [0, 0.05) is 6.07 Å². The molecule has 0 unspecified atom stereocenters. The minimum atomic E-state index is -0.368. The van der Waals surface area contributed by atoms with Gasteiger partial charge in [0.25, 0.3) is 5.56 Å². The first kappa shape index (κ1) is 12.8. The molecule has 0 aromatic carbocycles. The minimum absolute atomic E-state index is 0.0367.